The zero-order valence-electron chi connectivity index (χ0n) is 11.0. The van der Waals surface area contributed by atoms with Crippen molar-refractivity contribution in [2.24, 2.45) is 5.92 Å². The van der Waals surface area contributed by atoms with Crippen molar-refractivity contribution in [3.05, 3.63) is 17.7 Å². The molecule has 0 unspecified atom stereocenters. The van der Waals surface area contributed by atoms with E-state index in [4.69, 9.17) is 4.74 Å². The van der Waals surface area contributed by atoms with Gasteiger partial charge in [0, 0.05) is 13.5 Å². The summed E-state index contributed by atoms with van der Waals surface area (Å²) in [6.45, 7) is 6.38. The van der Waals surface area contributed by atoms with E-state index in [0.29, 0.717) is 0 Å². The highest BCUT2D eigenvalue weighted by molar-refractivity contribution is 5.09. The fraction of sp³-hybridized carbons (Fsp3) is 0.769. The maximum absolute atomic E-state index is 5.45. The monoisotopic (exact) mass is 237 g/mol. The van der Waals surface area contributed by atoms with Gasteiger partial charge >= 0.3 is 0 Å². The molecule has 1 aliphatic heterocycles. The Kier molecular flexibility index (Phi) is 3.84. The van der Waals surface area contributed by atoms with Crippen LogP contribution in [-0.2, 0) is 16.8 Å². The normalized spacial score (nSPS) is 18.5. The number of nitrogens with one attached hydrogen (secondary N) is 2. The van der Waals surface area contributed by atoms with E-state index in [2.05, 4.69) is 29.1 Å². The molecule has 0 radical (unpaired) electrons. The first-order valence-electron chi connectivity index (χ1n) is 6.42. The summed E-state index contributed by atoms with van der Waals surface area (Å²) in [6, 6.07) is 0. The van der Waals surface area contributed by atoms with Gasteiger partial charge in [-0.15, -0.1) is 0 Å². The topological polar surface area (TPSA) is 49.9 Å². The van der Waals surface area contributed by atoms with E-state index in [9.17, 15) is 0 Å². The third kappa shape index (κ3) is 3.07. The Morgan fingerprint density at radius 3 is 2.76 bits per heavy atom. The van der Waals surface area contributed by atoms with Gasteiger partial charge in [-0.3, -0.25) is 0 Å². The number of hydrogen-bond donors (Lipinski definition) is 2. The second-order valence-electron chi connectivity index (χ2n) is 5.36. The Morgan fingerprint density at radius 2 is 2.12 bits per heavy atom. The second kappa shape index (κ2) is 5.19. The highest BCUT2D eigenvalue weighted by Crippen LogP contribution is 2.23. The summed E-state index contributed by atoms with van der Waals surface area (Å²) >= 11 is 0. The molecule has 17 heavy (non-hydrogen) atoms. The summed E-state index contributed by atoms with van der Waals surface area (Å²) in [5.41, 5.74) is 0.781. The Bertz CT molecular complexity index is 353. The first-order chi connectivity index (χ1) is 8.12. The predicted molar refractivity (Wildman–Crippen MR) is 67.9 cm³/mol. The first-order valence-corrected chi connectivity index (χ1v) is 6.42. The van der Waals surface area contributed by atoms with Crippen LogP contribution < -0.4 is 5.32 Å². The summed E-state index contributed by atoms with van der Waals surface area (Å²) in [7, 11) is 1.73. The van der Waals surface area contributed by atoms with Gasteiger partial charge in [-0.05, 0) is 45.7 Å². The molecule has 0 saturated carbocycles. The standard InChI is InChI=1S/C13H23N3O/c1-13(2,17-3)11-9-15-12(16-11)8-10-4-6-14-7-5-10/h9-10,14H,4-8H2,1-3H3,(H,15,16). The third-order valence-electron chi connectivity index (χ3n) is 3.73. The number of hydrogen-bond acceptors (Lipinski definition) is 3. The van der Waals surface area contributed by atoms with E-state index in [-0.39, 0.29) is 5.60 Å². The molecule has 2 N–H and O–H groups in total. The van der Waals surface area contributed by atoms with Crippen LogP contribution >= 0.6 is 0 Å². The zero-order chi connectivity index (χ0) is 12.3. The Morgan fingerprint density at radius 1 is 1.41 bits per heavy atom. The second-order valence-corrected chi connectivity index (χ2v) is 5.36. The number of H-pyrrole nitrogens is 1. The van der Waals surface area contributed by atoms with Crippen molar-refractivity contribution in [1.29, 1.82) is 0 Å². The summed E-state index contributed by atoms with van der Waals surface area (Å²) in [4.78, 5) is 7.86. The van der Waals surface area contributed by atoms with Gasteiger partial charge in [0.15, 0.2) is 0 Å². The van der Waals surface area contributed by atoms with Crippen LogP contribution in [0.25, 0.3) is 0 Å². The molecule has 1 aliphatic rings. The van der Waals surface area contributed by atoms with Crippen molar-refractivity contribution >= 4 is 0 Å². The van der Waals surface area contributed by atoms with E-state index in [0.717, 1.165) is 36.9 Å². The molecule has 1 fully saturated rings. The molecule has 4 heteroatoms. The first kappa shape index (κ1) is 12.6. The van der Waals surface area contributed by atoms with E-state index < -0.39 is 0 Å². The van der Waals surface area contributed by atoms with Gasteiger partial charge in [0.1, 0.15) is 11.4 Å². The lowest BCUT2D eigenvalue weighted by atomic mass is 9.94. The van der Waals surface area contributed by atoms with E-state index in [1.807, 2.05) is 6.20 Å². The smallest absolute Gasteiger partial charge is 0.106 e. The zero-order valence-corrected chi connectivity index (χ0v) is 11.0. The van der Waals surface area contributed by atoms with Crippen molar-refractivity contribution in [2.75, 3.05) is 20.2 Å². The highest BCUT2D eigenvalue weighted by Gasteiger charge is 2.23. The van der Waals surface area contributed by atoms with Crippen LogP contribution in [0.2, 0.25) is 0 Å². The summed E-state index contributed by atoms with van der Waals surface area (Å²) in [6.07, 6.45) is 5.47. The quantitative estimate of drug-likeness (QED) is 0.840. The number of methoxy groups -OCH3 is 1. The fourth-order valence-electron chi connectivity index (χ4n) is 2.24. The molecule has 0 spiro atoms. The SMILES string of the molecule is COC(C)(C)c1cnc(CC2CCNCC2)[nH]1. The van der Waals surface area contributed by atoms with Crippen LogP contribution in [0, 0.1) is 5.92 Å². The molecule has 0 aliphatic carbocycles. The maximum Gasteiger partial charge on any atom is 0.106 e. The van der Waals surface area contributed by atoms with Crippen LogP contribution in [0.4, 0.5) is 0 Å². The fourth-order valence-corrected chi connectivity index (χ4v) is 2.24. The van der Waals surface area contributed by atoms with Gasteiger partial charge in [-0.2, -0.15) is 0 Å². The van der Waals surface area contributed by atoms with Gasteiger partial charge in [0.25, 0.3) is 0 Å². The highest BCUT2D eigenvalue weighted by atomic mass is 16.5. The van der Waals surface area contributed by atoms with Crippen molar-refractivity contribution < 1.29 is 4.74 Å². The minimum atomic E-state index is -0.278. The molecule has 0 bridgehead atoms. The molecule has 1 aromatic heterocycles. The Balaban J connectivity index is 1.98. The van der Waals surface area contributed by atoms with Crippen molar-refractivity contribution in [3.63, 3.8) is 0 Å². The molecule has 0 aromatic carbocycles. The molecule has 0 amide bonds. The predicted octanol–water partition coefficient (Wildman–Crippen LogP) is 1.83. The summed E-state index contributed by atoms with van der Waals surface area (Å²) in [5.74, 6) is 1.86. The molecular formula is C13H23N3O. The van der Waals surface area contributed by atoms with Gasteiger partial charge < -0.3 is 15.0 Å². The number of ether oxygens (including phenoxy) is 1. The van der Waals surface area contributed by atoms with Crippen molar-refractivity contribution in [3.8, 4) is 0 Å². The average Bonchev–Trinajstić information content (AvgIpc) is 2.80. The Labute approximate surface area is 103 Å². The molecule has 0 atom stereocenters. The number of nitrogens with zero attached hydrogens (tertiary/aromatic N) is 1. The van der Waals surface area contributed by atoms with Crippen LogP contribution in [-0.4, -0.2) is 30.2 Å². The van der Waals surface area contributed by atoms with Gasteiger partial charge in [0.2, 0.25) is 0 Å². The van der Waals surface area contributed by atoms with Crippen molar-refractivity contribution in [2.45, 2.75) is 38.7 Å². The van der Waals surface area contributed by atoms with Crippen LogP contribution in [0.15, 0.2) is 6.20 Å². The summed E-state index contributed by atoms with van der Waals surface area (Å²) < 4.78 is 5.45. The molecule has 4 nitrogen and oxygen atoms in total. The largest absolute Gasteiger partial charge is 0.373 e. The van der Waals surface area contributed by atoms with Gasteiger partial charge in [-0.1, -0.05) is 0 Å². The number of rotatable bonds is 4. The maximum atomic E-state index is 5.45. The minimum absolute atomic E-state index is 0.278. The summed E-state index contributed by atoms with van der Waals surface area (Å²) in [5, 5.41) is 3.39. The number of piperidine rings is 1. The van der Waals surface area contributed by atoms with E-state index in [1.165, 1.54) is 12.8 Å². The molecule has 1 aromatic rings. The molecule has 1 saturated heterocycles. The molecular weight excluding hydrogens is 214 g/mol. The number of aromatic nitrogens is 2. The van der Waals surface area contributed by atoms with Crippen LogP contribution in [0.1, 0.15) is 38.2 Å². The van der Waals surface area contributed by atoms with Crippen LogP contribution in [0.5, 0.6) is 0 Å². The van der Waals surface area contributed by atoms with Gasteiger partial charge in [-0.25, -0.2) is 4.98 Å². The van der Waals surface area contributed by atoms with E-state index >= 15 is 0 Å². The lowest BCUT2D eigenvalue weighted by Gasteiger charge is -2.22. The third-order valence-corrected chi connectivity index (χ3v) is 3.73. The van der Waals surface area contributed by atoms with Gasteiger partial charge in [0.05, 0.1) is 11.9 Å². The lowest BCUT2D eigenvalue weighted by molar-refractivity contribution is 0.0157. The average molecular weight is 237 g/mol. The molecule has 2 heterocycles. The number of imidazole rings is 1. The molecule has 96 valence electrons. The lowest BCUT2D eigenvalue weighted by Crippen LogP contribution is -2.28. The number of aromatic amines is 1. The Hall–Kier alpha value is -0.870. The molecule has 2 rings (SSSR count). The van der Waals surface area contributed by atoms with Crippen molar-refractivity contribution in [1.82, 2.24) is 15.3 Å². The van der Waals surface area contributed by atoms with E-state index in [1.54, 1.807) is 7.11 Å². The van der Waals surface area contributed by atoms with Crippen LogP contribution in [0.3, 0.4) is 0 Å². The minimum Gasteiger partial charge on any atom is -0.373 e.